The summed E-state index contributed by atoms with van der Waals surface area (Å²) in [5, 5.41) is 7.89. The van der Waals surface area contributed by atoms with Crippen LogP contribution in [0.25, 0.3) is 11.2 Å². The molecule has 1 unspecified atom stereocenters. The fraction of sp³-hybridized carbons (Fsp3) is 0.318. The number of hydrogen-bond acceptors (Lipinski definition) is 12. The van der Waals surface area contributed by atoms with Crippen molar-refractivity contribution < 1.29 is 28.7 Å². The van der Waals surface area contributed by atoms with Gasteiger partial charge in [-0.25, -0.2) is 19.7 Å². The third-order valence-corrected chi connectivity index (χ3v) is 4.89. The van der Waals surface area contributed by atoms with Crippen LogP contribution in [0.5, 0.6) is 0 Å². The number of H-pyrrole nitrogens is 1. The summed E-state index contributed by atoms with van der Waals surface area (Å²) in [7, 11) is 2.40. The number of esters is 2. The highest BCUT2D eigenvalue weighted by Gasteiger charge is 2.23. The largest absolute Gasteiger partial charge is 0.469 e. The molecule has 0 saturated heterocycles. The molecule has 0 aliphatic rings. The molecule has 3 rings (SSSR count). The Bertz CT molecular complexity index is 1370. The van der Waals surface area contributed by atoms with E-state index in [4.69, 9.17) is 0 Å². The first-order chi connectivity index (χ1) is 17.7. The van der Waals surface area contributed by atoms with Crippen molar-refractivity contribution in [2.45, 2.75) is 32.4 Å². The second-order valence-corrected chi connectivity index (χ2v) is 7.58. The number of hydrogen-bond donors (Lipinski definition) is 4. The van der Waals surface area contributed by atoms with Gasteiger partial charge in [0.1, 0.15) is 11.9 Å². The molecule has 1 atom stereocenters. The molecule has 0 aliphatic heterocycles. The average molecular weight is 512 g/mol. The monoisotopic (exact) mass is 512 g/mol. The average Bonchev–Trinajstić information content (AvgIpc) is 2.89. The molecule has 2 amide bonds. The van der Waals surface area contributed by atoms with Gasteiger partial charge in [0.05, 0.1) is 38.2 Å². The number of carbonyl (C=O) groups is 4. The zero-order chi connectivity index (χ0) is 26.9. The van der Waals surface area contributed by atoms with Crippen molar-refractivity contribution in [3.05, 3.63) is 46.1 Å². The third kappa shape index (κ3) is 7.27. The van der Waals surface area contributed by atoms with Crippen LogP contribution in [0.15, 0.2) is 29.3 Å². The van der Waals surface area contributed by atoms with Crippen LogP contribution in [0, 0.1) is 0 Å². The van der Waals surface area contributed by atoms with Crippen molar-refractivity contribution in [3.8, 4) is 0 Å². The van der Waals surface area contributed by atoms with Crippen molar-refractivity contribution >= 4 is 46.7 Å². The number of nitrogens with one attached hydrogen (secondary N) is 4. The molecule has 3 aromatic rings. The molecule has 15 nitrogen and oxygen atoms in total. The highest BCUT2D eigenvalue weighted by molar-refractivity contribution is 5.96. The lowest BCUT2D eigenvalue weighted by Gasteiger charge is -2.16. The van der Waals surface area contributed by atoms with Crippen LogP contribution in [0.1, 0.15) is 35.8 Å². The van der Waals surface area contributed by atoms with Crippen molar-refractivity contribution in [2.24, 2.45) is 0 Å². The van der Waals surface area contributed by atoms with E-state index in [1.54, 1.807) is 6.07 Å². The molecule has 0 aromatic carbocycles. The zero-order valence-electron chi connectivity index (χ0n) is 20.2. The number of rotatable bonds is 10. The van der Waals surface area contributed by atoms with Gasteiger partial charge in [0.25, 0.3) is 11.5 Å². The molecule has 3 aromatic heterocycles. The van der Waals surface area contributed by atoms with Gasteiger partial charge in [-0.05, 0) is 18.6 Å². The van der Waals surface area contributed by atoms with E-state index in [-0.39, 0.29) is 42.1 Å². The second kappa shape index (κ2) is 12.1. The first-order valence-corrected chi connectivity index (χ1v) is 10.9. The number of methoxy groups -OCH3 is 2. The molecule has 37 heavy (non-hydrogen) atoms. The summed E-state index contributed by atoms with van der Waals surface area (Å²) in [6.07, 6.45) is 2.66. The third-order valence-electron chi connectivity index (χ3n) is 4.89. The molecule has 4 N–H and O–H groups in total. The van der Waals surface area contributed by atoms with Gasteiger partial charge in [0.2, 0.25) is 11.9 Å². The molecule has 15 heteroatoms. The minimum absolute atomic E-state index is 0.000685. The minimum atomic E-state index is -1.03. The molecular weight excluding hydrogens is 488 g/mol. The maximum atomic E-state index is 12.5. The van der Waals surface area contributed by atoms with E-state index < -0.39 is 35.4 Å². The van der Waals surface area contributed by atoms with Crippen LogP contribution >= 0.6 is 0 Å². The Labute approximate surface area is 209 Å². The summed E-state index contributed by atoms with van der Waals surface area (Å²) in [6, 6.07) is 2.00. The summed E-state index contributed by atoms with van der Waals surface area (Å²) in [6.45, 7) is 1.44. The predicted molar refractivity (Wildman–Crippen MR) is 128 cm³/mol. The van der Waals surface area contributed by atoms with Crippen LogP contribution in [-0.2, 0) is 30.4 Å². The number of pyridine rings is 1. The highest BCUT2D eigenvalue weighted by atomic mass is 16.5. The summed E-state index contributed by atoms with van der Waals surface area (Å²) >= 11 is 0. The fourth-order valence-electron chi connectivity index (χ4n) is 3.08. The number of ether oxygens (including phenoxy) is 2. The zero-order valence-corrected chi connectivity index (χ0v) is 20.2. The maximum absolute atomic E-state index is 12.5. The highest BCUT2D eigenvalue weighted by Crippen LogP contribution is 2.10. The SMILES string of the molecule is COC(=O)CCC(NC(=O)c1ccc(NCc2cnc3nc(NC(C)=O)[nH]c(=O)c3n2)nc1)C(=O)OC. The Hall–Kier alpha value is -4.95. The summed E-state index contributed by atoms with van der Waals surface area (Å²) in [4.78, 5) is 78.3. The van der Waals surface area contributed by atoms with Crippen molar-refractivity contribution in [2.75, 3.05) is 24.9 Å². The number of nitrogens with zero attached hydrogens (tertiary/aromatic N) is 4. The topological polar surface area (TPSA) is 207 Å². The molecule has 0 radical (unpaired) electrons. The molecule has 0 fully saturated rings. The van der Waals surface area contributed by atoms with Crippen molar-refractivity contribution in [1.82, 2.24) is 30.2 Å². The van der Waals surface area contributed by atoms with Crippen LogP contribution in [-0.4, -0.2) is 68.9 Å². The van der Waals surface area contributed by atoms with Gasteiger partial charge in [-0.3, -0.25) is 29.5 Å². The lowest BCUT2D eigenvalue weighted by Crippen LogP contribution is -2.41. The van der Waals surface area contributed by atoms with Crippen LogP contribution in [0.3, 0.4) is 0 Å². The van der Waals surface area contributed by atoms with Crippen molar-refractivity contribution in [3.63, 3.8) is 0 Å². The van der Waals surface area contributed by atoms with Gasteiger partial charge in [-0.2, -0.15) is 4.98 Å². The van der Waals surface area contributed by atoms with Gasteiger partial charge < -0.3 is 20.1 Å². The molecule has 0 spiro atoms. The molecule has 0 aliphatic carbocycles. The maximum Gasteiger partial charge on any atom is 0.328 e. The number of aromatic nitrogens is 5. The number of carbonyl (C=O) groups excluding carboxylic acids is 4. The molecule has 0 saturated carbocycles. The number of fused-ring (bicyclic) bond motifs is 1. The van der Waals surface area contributed by atoms with Crippen molar-refractivity contribution in [1.29, 1.82) is 0 Å². The predicted octanol–water partition coefficient (Wildman–Crippen LogP) is -0.0968. The first kappa shape index (κ1) is 26.7. The first-order valence-electron chi connectivity index (χ1n) is 10.9. The smallest absolute Gasteiger partial charge is 0.328 e. The van der Waals surface area contributed by atoms with E-state index in [1.165, 1.54) is 39.6 Å². The van der Waals surface area contributed by atoms with E-state index in [9.17, 15) is 24.0 Å². The van der Waals surface area contributed by atoms with E-state index in [1.807, 2.05) is 0 Å². The Kier molecular flexibility index (Phi) is 8.75. The Morgan fingerprint density at radius 2 is 1.84 bits per heavy atom. The van der Waals surface area contributed by atoms with Crippen LogP contribution < -0.4 is 21.5 Å². The number of amides is 2. The minimum Gasteiger partial charge on any atom is -0.469 e. The normalized spacial score (nSPS) is 11.3. The van der Waals surface area contributed by atoms with E-state index in [2.05, 4.69) is 50.3 Å². The van der Waals surface area contributed by atoms with Gasteiger partial charge in [-0.1, -0.05) is 0 Å². The van der Waals surface area contributed by atoms with Gasteiger partial charge >= 0.3 is 11.9 Å². The van der Waals surface area contributed by atoms with Gasteiger partial charge in [0.15, 0.2) is 11.2 Å². The Morgan fingerprint density at radius 1 is 1.05 bits per heavy atom. The summed E-state index contributed by atoms with van der Waals surface area (Å²) < 4.78 is 9.23. The summed E-state index contributed by atoms with van der Waals surface area (Å²) in [5.74, 6) is -1.81. The fourth-order valence-corrected chi connectivity index (χ4v) is 3.08. The molecule has 3 heterocycles. The quantitative estimate of drug-likeness (QED) is 0.263. The Balaban J connectivity index is 1.63. The van der Waals surface area contributed by atoms with Crippen LogP contribution in [0.2, 0.25) is 0 Å². The van der Waals surface area contributed by atoms with Crippen LogP contribution in [0.4, 0.5) is 11.8 Å². The number of anilines is 2. The number of aromatic amines is 1. The van der Waals surface area contributed by atoms with E-state index in [0.29, 0.717) is 11.5 Å². The molecule has 194 valence electrons. The van der Waals surface area contributed by atoms with E-state index in [0.717, 1.165) is 0 Å². The standard InChI is InChI=1S/C22H24N8O7/c1-11(31)26-22-29-18-17(20(34)30-22)27-13(10-25-18)9-24-15-6-4-12(8-23-15)19(33)28-14(21(35)37-3)5-7-16(32)36-2/h4,6,8,10,14H,5,7,9H2,1-3H3,(H,23,24)(H,28,33)(H2,25,26,29,30,31,34). The lowest BCUT2D eigenvalue weighted by molar-refractivity contribution is -0.144. The lowest BCUT2D eigenvalue weighted by atomic mass is 10.1. The summed E-state index contributed by atoms with van der Waals surface area (Å²) in [5.41, 5.74) is 0.105. The molecule has 0 bridgehead atoms. The van der Waals surface area contributed by atoms with Gasteiger partial charge in [0, 0.05) is 19.5 Å². The second-order valence-electron chi connectivity index (χ2n) is 7.58. The Morgan fingerprint density at radius 3 is 2.49 bits per heavy atom. The molecular formula is C22H24N8O7. The van der Waals surface area contributed by atoms with E-state index >= 15 is 0 Å². The van der Waals surface area contributed by atoms with Gasteiger partial charge in [-0.15, -0.1) is 0 Å².